The second-order valence-electron chi connectivity index (χ2n) is 5.06. The number of hydrogen-bond acceptors (Lipinski definition) is 2. The van der Waals surface area contributed by atoms with E-state index in [1.807, 2.05) is 18.2 Å². The van der Waals surface area contributed by atoms with Crippen LogP contribution in [0.2, 0.25) is 0 Å². The summed E-state index contributed by atoms with van der Waals surface area (Å²) in [6.07, 6.45) is 0.896. The van der Waals surface area contributed by atoms with Crippen LogP contribution in [0.3, 0.4) is 0 Å². The Labute approximate surface area is 103 Å². The van der Waals surface area contributed by atoms with Crippen molar-refractivity contribution < 1.29 is 4.79 Å². The SMILES string of the molecule is CC(C)C[C@@H]1NC[C@H](c2ccccc2)NC1=O. The third-order valence-corrected chi connectivity index (χ3v) is 3.11. The van der Waals surface area contributed by atoms with Crippen molar-refractivity contribution in [1.82, 2.24) is 10.6 Å². The first kappa shape index (κ1) is 12.1. The van der Waals surface area contributed by atoms with Crippen molar-refractivity contribution in [3.05, 3.63) is 35.9 Å². The van der Waals surface area contributed by atoms with Gasteiger partial charge in [-0.1, -0.05) is 44.2 Å². The molecule has 2 atom stereocenters. The van der Waals surface area contributed by atoms with E-state index in [9.17, 15) is 4.79 Å². The summed E-state index contributed by atoms with van der Waals surface area (Å²) in [5, 5.41) is 6.42. The first-order valence-corrected chi connectivity index (χ1v) is 6.25. The highest BCUT2D eigenvalue weighted by Crippen LogP contribution is 2.17. The summed E-state index contributed by atoms with van der Waals surface area (Å²) < 4.78 is 0. The Balaban J connectivity index is 1.98. The Morgan fingerprint density at radius 3 is 2.59 bits per heavy atom. The van der Waals surface area contributed by atoms with Crippen LogP contribution in [0, 0.1) is 5.92 Å². The molecular formula is C14H20N2O. The summed E-state index contributed by atoms with van der Waals surface area (Å²) in [4.78, 5) is 11.9. The van der Waals surface area contributed by atoms with Gasteiger partial charge >= 0.3 is 0 Å². The largest absolute Gasteiger partial charge is 0.347 e. The van der Waals surface area contributed by atoms with Gasteiger partial charge in [-0.15, -0.1) is 0 Å². The molecule has 1 aliphatic heterocycles. The monoisotopic (exact) mass is 232 g/mol. The quantitative estimate of drug-likeness (QED) is 0.835. The van der Waals surface area contributed by atoms with Crippen molar-refractivity contribution in [2.75, 3.05) is 6.54 Å². The van der Waals surface area contributed by atoms with Crippen LogP contribution in [0.4, 0.5) is 0 Å². The molecule has 3 heteroatoms. The van der Waals surface area contributed by atoms with E-state index in [4.69, 9.17) is 0 Å². The lowest BCUT2D eigenvalue weighted by molar-refractivity contribution is -0.125. The van der Waals surface area contributed by atoms with Crippen molar-refractivity contribution in [3.63, 3.8) is 0 Å². The third-order valence-electron chi connectivity index (χ3n) is 3.11. The summed E-state index contributed by atoms with van der Waals surface area (Å²) in [5.74, 6) is 0.658. The van der Waals surface area contributed by atoms with Gasteiger partial charge in [0.05, 0.1) is 12.1 Å². The summed E-state index contributed by atoms with van der Waals surface area (Å²) in [6.45, 7) is 5.09. The second-order valence-corrected chi connectivity index (χ2v) is 5.06. The van der Waals surface area contributed by atoms with Gasteiger partial charge in [0.2, 0.25) is 5.91 Å². The zero-order chi connectivity index (χ0) is 12.3. The standard InChI is InChI=1S/C14H20N2O/c1-10(2)8-12-14(17)16-13(9-15-12)11-6-4-3-5-7-11/h3-7,10,12-13,15H,8-9H2,1-2H3,(H,16,17)/t12-,13+/m0/s1. The highest BCUT2D eigenvalue weighted by atomic mass is 16.2. The number of carbonyl (C=O) groups is 1. The molecule has 1 aliphatic rings. The summed E-state index contributed by atoms with van der Waals surface area (Å²) in [7, 11) is 0. The number of benzene rings is 1. The molecule has 0 unspecified atom stereocenters. The van der Waals surface area contributed by atoms with Gasteiger partial charge < -0.3 is 10.6 Å². The first-order valence-electron chi connectivity index (χ1n) is 6.25. The summed E-state index contributed by atoms with van der Waals surface area (Å²) >= 11 is 0. The average molecular weight is 232 g/mol. The molecule has 2 N–H and O–H groups in total. The van der Waals surface area contributed by atoms with Crippen LogP contribution in [-0.4, -0.2) is 18.5 Å². The van der Waals surface area contributed by atoms with Crippen LogP contribution in [0.15, 0.2) is 30.3 Å². The van der Waals surface area contributed by atoms with Gasteiger partial charge in [-0.3, -0.25) is 4.79 Å². The lowest BCUT2D eigenvalue weighted by Gasteiger charge is -2.31. The van der Waals surface area contributed by atoms with Crippen LogP contribution in [0.1, 0.15) is 31.9 Å². The molecule has 1 aromatic rings. The maximum atomic E-state index is 11.9. The molecule has 2 rings (SSSR count). The van der Waals surface area contributed by atoms with Crippen molar-refractivity contribution in [1.29, 1.82) is 0 Å². The summed E-state index contributed by atoms with van der Waals surface area (Å²) in [5.41, 5.74) is 1.16. The van der Waals surface area contributed by atoms with E-state index in [1.165, 1.54) is 0 Å². The molecule has 1 aromatic carbocycles. The Kier molecular flexibility index (Phi) is 3.79. The van der Waals surface area contributed by atoms with E-state index < -0.39 is 0 Å². The van der Waals surface area contributed by atoms with Gasteiger partial charge in [0, 0.05) is 6.54 Å². The molecule has 1 fully saturated rings. The number of hydrogen-bond donors (Lipinski definition) is 2. The van der Waals surface area contributed by atoms with Crippen LogP contribution in [0.25, 0.3) is 0 Å². The molecule has 0 aromatic heterocycles. The highest BCUT2D eigenvalue weighted by Gasteiger charge is 2.28. The zero-order valence-electron chi connectivity index (χ0n) is 10.4. The molecule has 3 nitrogen and oxygen atoms in total. The van der Waals surface area contributed by atoms with Crippen LogP contribution < -0.4 is 10.6 Å². The first-order chi connectivity index (χ1) is 8.16. The zero-order valence-corrected chi connectivity index (χ0v) is 10.4. The Morgan fingerprint density at radius 1 is 1.29 bits per heavy atom. The van der Waals surface area contributed by atoms with E-state index in [-0.39, 0.29) is 18.0 Å². The van der Waals surface area contributed by atoms with Crippen molar-refractivity contribution in [3.8, 4) is 0 Å². The smallest absolute Gasteiger partial charge is 0.237 e. The molecule has 0 radical (unpaired) electrons. The normalized spacial score (nSPS) is 24.8. The fourth-order valence-electron chi connectivity index (χ4n) is 2.22. The number of amides is 1. The van der Waals surface area contributed by atoms with Crippen LogP contribution in [-0.2, 0) is 4.79 Å². The molecule has 1 amide bonds. The third kappa shape index (κ3) is 3.07. The minimum absolute atomic E-state index is 0.0324. The molecule has 1 saturated heterocycles. The topological polar surface area (TPSA) is 41.1 Å². The van der Waals surface area contributed by atoms with Crippen molar-refractivity contribution in [2.24, 2.45) is 5.92 Å². The minimum atomic E-state index is -0.0324. The van der Waals surface area contributed by atoms with Gasteiger partial charge in [-0.25, -0.2) is 0 Å². The van der Waals surface area contributed by atoms with E-state index >= 15 is 0 Å². The van der Waals surface area contributed by atoms with Crippen molar-refractivity contribution >= 4 is 5.91 Å². The molecule has 0 saturated carbocycles. The van der Waals surface area contributed by atoms with E-state index in [0.717, 1.165) is 18.5 Å². The lowest BCUT2D eigenvalue weighted by atomic mass is 9.98. The van der Waals surface area contributed by atoms with Crippen LogP contribution >= 0.6 is 0 Å². The fraction of sp³-hybridized carbons (Fsp3) is 0.500. The van der Waals surface area contributed by atoms with E-state index in [1.54, 1.807) is 0 Å². The van der Waals surface area contributed by atoms with E-state index in [0.29, 0.717) is 5.92 Å². The second kappa shape index (κ2) is 5.32. The number of rotatable bonds is 3. The average Bonchev–Trinajstić information content (AvgIpc) is 2.32. The van der Waals surface area contributed by atoms with E-state index in [2.05, 4.69) is 36.6 Å². The number of carbonyl (C=O) groups excluding carboxylic acids is 1. The predicted octanol–water partition coefficient (Wildman–Crippen LogP) is 1.86. The van der Waals surface area contributed by atoms with Crippen LogP contribution in [0.5, 0.6) is 0 Å². The minimum Gasteiger partial charge on any atom is -0.347 e. The maximum Gasteiger partial charge on any atom is 0.237 e. The maximum absolute atomic E-state index is 11.9. The van der Waals surface area contributed by atoms with Gasteiger partial charge in [0.1, 0.15) is 0 Å². The molecule has 0 aliphatic carbocycles. The summed E-state index contributed by atoms with van der Waals surface area (Å²) in [6, 6.07) is 10.2. The Bertz CT molecular complexity index is 375. The molecule has 17 heavy (non-hydrogen) atoms. The van der Waals surface area contributed by atoms with Gasteiger partial charge in [-0.2, -0.15) is 0 Å². The predicted molar refractivity (Wildman–Crippen MR) is 68.6 cm³/mol. The number of nitrogens with one attached hydrogen (secondary N) is 2. The molecule has 92 valence electrons. The highest BCUT2D eigenvalue weighted by molar-refractivity contribution is 5.83. The fourth-order valence-corrected chi connectivity index (χ4v) is 2.22. The lowest BCUT2D eigenvalue weighted by Crippen LogP contribution is -2.54. The van der Waals surface area contributed by atoms with Gasteiger partial charge in [0.25, 0.3) is 0 Å². The van der Waals surface area contributed by atoms with Gasteiger partial charge in [0.15, 0.2) is 0 Å². The molecule has 0 bridgehead atoms. The van der Waals surface area contributed by atoms with Crippen molar-refractivity contribution in [2.45, 2.75) is 32.4 Å². The molecular weight excluding hydrogens is 212 g/mol. The molecule has 0 spiro atoms. The Morgan fingerprint density at radius 2 is 2.00 bits per heavy atom. The van der Waals surface area contributed by atoms with Gasteiger partial charge in [-0.05, 0) is 17.9 Å². The Hall–Kier alpha value is -1.35. The molecule has 1 heterocycles. The number of piperazine rings is 1.